The summed E-state index contributed by atoms with van der Waals surface area (Å²) in [7, 11) is 0. The van der Waals surface area contributed by atoms with Gasteiger partial charge in [0.25, 0.3) is 0 Å². The lowest BCUT2D eigenvalue weighted by atomic mass is 9.68. The topological polar surface area (TPSA) is 9.23 Å². The molecule has 0 fully saturated rings. The van der Waals surface area contributed by atoms with Crippen molar-refractivity contribution in [1.82, 2.24) is 0 Å². The highest BCUT2D eigenvalue weighted by molar-refractivity contribution is 6.20. The Morgan fingerprint density at radius 3 is 1.76 bits per heavy atom. The van der Waals surface area contributed by atoms with Gasteiger partial charge < -0.3 is 4.74 Å². The number of para-hydroxylation sites is 1. The van der Waals surface area contributed by atoms with E-state index in [2.05, 4.69) is 164 Å². The standard InChI is InChI=1S/C49H28O/c1-3-16-37-31(12-1)32-13-2-4-17-39(32)48-47(37)40-18-6-9-22-42(40)49(48)41-21-8-5-14-33(41)34-25-24-29(28-43(34)49)30-26-27-45-46-36(30)19-11-20-38(46)35-15-7-10-23-44(35)50-45/h1-28H. The van der Waals surface area contributed by atoms with Gasteiger partial charge in [-0.1, -0.05) is 152 Å². The van der Waals surface area contributed by atoms with Crippen LogP contribution in [0.15, 0.2) is 170 Å². The summed E-state index contributed by atoms with van der Waals surface area (Å²) in [6, 6.07) is 63.0. The molecule has 0 amide bonds. The lowest BCUT2D eigenvalue weighted by Crippen LogP contribution is -2.26. The maximum atomic E-state index is 6.49. The monoisotopic (exact) mass is 632 g/mol. The zero-order valence-electron chi connectivity index (χ0n) is 27.1. The number of hydrogen-bond acceptors (Lipinski definition) is 1. The number of fused-ring (bicyclic) bond motifs is 17. The van der Waals surface area contributed by atoms with E-state index in [9.17, 15) is 0 Å². The van der Waals surface area contributed by atoms with Gasteiger partial charge in [0.2, 0.25) is 0 Å². The van der Waals surface area contributed by atoms with Gasteiger partial charge in [-0.25, -0.2) is 0 Å². The first-order valence-electron chi connectivity index (χ1n) is 17.4. The molecule has 1 heteroatoms. The van der Waals surface area contributed by atoms with E-state index in [1.165, 1.54) is 93.5 Å². The van der Waals surface area contributed by atoms with Gasteiger partial charge in [0.1, 0.15) is 11.5 Å². The number of benzene rings is 9. The van der Waals surface area contributed by atoms with Crippen LogP contribution in [-0.2, 0) is 5.41 Å². The summed E-state index contributed by atoms with van der Waals surface area (Å²) in [5.41, 5.74) is 15.1. The molecule has 9 aromatic carbocycles. The van der Waals surface area contributed by atoms with E-state index in [0.29, 0.717) is 0 Å². The van der Waals surface area contributed by atoms with Gasteiger partial charge in [0, 0.05) is 10.9 Å². The molecule has 1 unspecified atom stereocenters. The molecule has 1 nitrogen and oxygen atoms in total. The van der Waals surface area contributed by atoms with E-state index in [1.807, 2.05) is 6.07 Å². The van der Waals surface area contributed by atoms with Crippen LogP contribution >= 0.6 is 0 Å². The Morgan fingerprint density at radius 2 is 0.920 bits per heavy atom. The summed E-state index contributed by atoms with van der Waals surface area (Å²) in [5, 5.41) is 7.64. The molecule has 1 spiro atoms. The first-order valence-corrected chi connectivity index (χ1v) is 17.4. The van der Waals surface area contributed by atoms with Crippen molar-refractivity contribution in [3.05, 3.63) is 192 Å². The second kappa shape index (κ2) is 9.37. The van der Waals surface area contributed by atoms with Crippen LogP contribution in [0.4, 0.5) is 0 Å². The van der Waals surface area contributed by atoms with E-state index in [1.54, 1.807) is 0 Å². The van der Waals surface area contributed by atoms with Crippen molar-refractivity contribution in [2.45, 2.75) is 5.41 Å². The molecule has 50 heavy (non-hydrogen) atoms. The van der Waals surface area contributed by atoms with Crippen LogP contribution in [0.5, 0.6) is 11.5 Å². The highest BCUT2D eigenvalue weighted by atomic mass is 16.5. The molecule has 0 bridgehead atoms. The van der Waals surface area contributed by atoms with Gasteiger partial charge in [0.05, 0.1) is 5.41 Å². The van der Waals surface area contributed by atoms with E-state index >= 15 is 0 Å². The van der Waals surface area contributed by atoms with Gasteiger partial charge in [-0.2, -0.15) is 0 Å². The predicted molar refractivity (Wildman–Crippen MR) is 206 cm³/mol. The van der Waals surface area contributed by atoms with Crippen molar-refractivity contribution >= 4 is 32.3 Å². The molecule has 0 radical (unpaired) electrons. The van der Waals surface area contributed by atoms with Crippen LogP contribution < -0.4 is 4.74 Å². The molecule has 230 valence electrons. The normalized spacial score (nSPS) is 15.8. The smallest absolute Gasteiger partial charge is 0.135 e. The van der Waals surface area contributed by atoms with E-state index in [0.717, 1.165) is 17.1 Å². The fourth-order valence-corrected chi connectivity index (χ4v) is 9.81. The quantitative estimate of drug-likeness (QED) is 0.164. The lowest BCUT2D eigenvalue weighted by molar-refractivity contribution is 0.487. The molecule has 0 N–H and O–H groups in total. The Labute approximate surface area is 289 Å². The first kappa shape index (κ1) is 26.5. The summed E-state index contributed by atoms with van der Waals surface area (Å²) >= 11 is 0. The average Bonchev–Trinajstić information content (AvgIpc) is 3.66. The van der Waals surface area contributed by atoms with Crippen LogP contribution in [0.2, 0.25) is 0 Å². The molecule has 0 saturated carbocycles. The van der Waals surface area contributed by atoms with Crippen molar-refractivity contribution in [1.29, 1.82) is 0 Å². The predicted octanol–water partition coefficient (Wildman–Crippen LogP) is 12.9. The fraction of sp³-hybridized carbons (Fsp3) is 0.0204. The minimum absolute atomic E-state index is 0.466. The largest absolute Gasteiger partial charge is 0.456 e. The van der Waals surface area contributed by atoms with Crippen LogP contribution in [0.25, 0.3) is 76.8 Å². The van der Waals surface area contributed by atoms with Gasteiger partial charge in [-0.15, -0.1) is 0 Å². The zero-order valence-corrected chi connectivity index (χ0v) is 27.1. The minimum atomic E-state index is -0.466. The van der Waals surface area contributed by atoms with E-state index < -0.39 is 5.41 Å². The zero-order chi connectivity index (χ0) is 32.6. The summed E-state index contributed by atoms with van der Waals surface area (Å²) in [5.74, 6) is 1.83. The summed E-state index contributed by atoms with van der Waals surface area (Å²) in [6.07, 6.45) is 0. The molecule has 12 rings (SSSR count). The third-order valence-corrected chi connectivity index (χ3v) is 11.7. The molecule has 0 saturated heterocycles. The van der Waals surface area contributed by atoms with Crippen LogP contribution in [0.1, 0.15) is 22.3 Å². The average molecular weight is 633 g/mol. The van der Waals surface area contributed by atoms with E-state index in [4.69, 9.17) is 4.74 Å². The Kier molecular flexibility index (Phi) is 4.97. The maximum Gasteiger partial charge on any atom is 0.135 e. The van der Waals surface area contributed by atoms with Crippen molar-refractivity contribution in [3.63, 3.8) is 0 Å². The minimum Gasteiger partial charge on any atom is -0.456 e. The molecule has 1 heterocycles. The summed E-state index contributed by atoms with van der Waals surface area (Å²) in [6.45, 7) is 0. The SMILES string of the molecule is c1ccc2c(c1)Oc1ccc(-c3ccc4c(c3)C3(c5ccccc5-4)c4ccccc4-c4c3c3ccccc3c3ccccc43)c3cccc-2c13. The second-order valence-electron chi connectivity index (χ2n) is 13.9. The van der Waals surface area contributed by atoms with Gasteiger partial charge in [0.15, 0.2) is 0 Å². The Balaban J connectivity index is 1.21. The fourth-order valence-electron chi connectivity index (χ4n) is 9.81. The van der Waals surface area contributed by atoms with Crippen molar-refractivity contribution in [2.24, 2.45) is 0 Å². The number of hydrogen-bond donors (Lipinski definition) is 0. The van der Waals surface area contributed by atoms with Crippen molar-refractivity contribution in [3.8, 4) is 56.0 Å². The molecule has 2 aliphatic carbocycles. The number of rotatable bonds is 1. The highest BCUT2D eigenvalue weighted by Crippen LogP contribution is 2.65. The third kappa shape index (κ3) is 3.10. The van der Waals surface area contributed by atoms with Crippen molar-refractivity contribution < 1.29 is 4.74 Å². The molecule has 3 aliphatic rings. The molecule has 1 aliphatic heterocycles. The van der Waals surface area contributed by atoms with Crippen LogP contribution in [0, 0.1) is 0 Å². The Bertz CT molecular complexity index is 2970. The van der Waals surface area contributed by atoms with Gasteiger partial charge in [-0.3, -0.25) is 0 Å². The second-order valence-corrected chi connectivity index (χ2v) is 13.9. The van der Waals surface area contributed by atoms with Crippen molar-refractivity contribution in [2.75, 3.05) is 0 Å². The summed E-state index contributed by atoms with van der Waals surface area (Å²) in [4.78, 5) is 0. The Morgan fingerprint density at radius 1 is 0.340 bits per heavy atom. The number of ether oxygens (including phenoxy) is 1. The first-order chi connectivity index (χ1) is 24.8. The maximum absolute atomic E-state index is 6.49. The highest BCUT2D eigenvalue weighted by Gasteiger charge is 2.53. The molecule has 9 aromatic rings. The molecular weight excluding hydrogens is 605 g/mol. The Hall–Kier alpha value is -6.44. The lowest BCUT2D eigenvalue weighted by Gasteiger charge is -2.32. The summed E-state index contributed by atoms with van der Waals surface area (Å²) < 4.78 is 6.49. The van der Waals surface area contributed by atoms with Crippen LogP contribution in [-0.4, -0.2) is 0 Å². The van der Waals surface area contributed by atoms with Crippen LogP contribution in [0.3, 0.4) is 0 Å². The molecular formula is C49H28O. The third-order valence-electron chi connectivity index (χ3n) is 11.7. The van der Waals surface area contributed by atoms with Gasteiger partial charge >= 0.3 is 0 Å². The van der Waals surface area contributed by atoms with Gasteiger partial charge in [-0.05, 0) is 106 Å². The van der Waals surface area contributed by atoms with E-state index in [-0.39, 0.29) is 0 Å². The molecule has 1 atom stereocenters. The molecule has 0 aromatic heterocycles.